The van der Waals surface area contributed by atoms with Crippen LogP contribution >= 0.6 is 0 Å². The Hall–Kier alpha value is -6.06. The molecule has 0 fully saturated rings. The Labute approximate surface area is 280 Å². The number of hydrogen-bond donors (Lipinski definition) is 0. The van der Waals surface area contributed by atoms with Crippen molar-refractivity contribution < 1.29 is 6.85 Å². The maximum Gasteiger partial charge on any atom is 0.145 e. The number of nitrogens with zero attached hydrogens (tertiary/aromatic N) is 3. The maximum absolute atomic E-state index is 8.80. The standard InChI is InChI=1S/C44H31N3/c1-2-15-30(16-3-1)44-46-40-26-10-11-27-41(40)47(44)32-18-14-17-31(29-32)42-35-21-6-8-23-37(35)43(38-24-9-7-22-36(38)42)34-20-5-4-19-33(34)39-25-12-13-28-45-39/h1-6,8,10-29H,7,9H2/i1D,2D,3D,15D,16D. The van der Waals surface area contributed by atoms with Gasteiger partial charge in [-0.1, -0.05) is 121 Å². The van der Waals surface area contributed by atoms with Crippen molar-refractivity contribution in [2.45, 2.75) is 12.8 Å². The zero-order valence-electron chi connectivity index (χ0n) is 30.5. The molecule has 8 aromatic rings. The van der Waals surface area contributed by atoms with Crippen molar-refractivity contribution in [1.29, 1.82) is 0 Å². The third kappa shape index (κ3) is 4.59. The summed E-state index contributed by atoms with van der Waals surface area (Å²) in [5.74, 6) is 0.295. The van der Waals surface area contributed by atoms with Gasteiger partial charge in [-0.2, -0.15) is 0 Å². The molecule has 0 unspecified atom stereocenters. The molecule has 0 aliphatic heterocycles. The van der Waals surface area contributed by atoms with Crippen molar-refractivity contribution in [3.8, 4) is 50.6 Å². The summed E-state index contributed by atoms with van der Waals surface area (Å²) in [6.45, 7) is 0. The molecule has 3 heteroatoms. The van der Waals surface area contributed by atoms with Crippen LogP contribution in [-0.4, -0.2) is 14.5 Å². The quantitative estimate of drug-likeness (QED) is 0.195. The van der Waals surface area contributed by atoms with Gasteiger partial charge >= 0.3 is 0 Å². The summed E-state index contributed by atoms with van der Waals surface area (Å²) in [5.41, 5.74) is 8.73. The van der Waals surface area contributed by atoms with Crippen molar-refractivity contribution in [1.82, 2.24) is 14.5 Å². The van der Waals surface area contributed by atoms with Gasteiger partial charge < -0.3 is 0 Å². The van der Waals surface area contributed by atoms with Crippen LogP contribution in [0.5, 0.6) is 0 Å². The normalized spacial score (nSPS) is 13.9. The lowest BCUT2D eigenvalue weighted by Gasteiger charge is -2.20. The number of rotatable bonds is 5. The van der Waals surface area contributed by atoms with Crippen LogP contribution in [0.25, 0.3) is 84.5 Å². The van der Waals surface area contributed by atoms with Gasteiger partial charge in [-0.15, -0.1) is 0 Å². The number of imidazole rings is 1. The summed E-state index contributed by atoms with van der Waals surface area (Å²) < 4.78 is 44.5. The lowest BCUT2D eigenvalue weighted by atomic mass is 9.84. The van der Waals surface area contributed by atoms with E-state index in [0.717, 1.165) is 62.8 Å². The number of pyridine rings is 1. The first-order valence-electron chi connectivity index (χ1n) is 18.3. The van der Waals surface area contributed by atoms with Crippen molar-refractivity contribution in [2.75, 3.05) is 0 Å². The van der Waals surface area contributed by atoms with Gasteiger partial charge in [0.1, 0.15) is 5.82 Å². The van der Waals surface area contributed by atoms with Crippen molar-refractivity contribution in [3.05, 3.63) is 162 Å². The molecule has 0 saturated heterocycles. The minimum atomic E-state index is -0.431. The van der Waals surface area contributed by atoms with Crippen molar-refractivity contribution in [3.63, 3.8) is 0 Å². The average molecular weight is 607 g/mol. The third-order valence-corrected chi connectivity index (χ3v) is 8.97. The van der Waals surface area contributed by atoms with Gasteiger partial charge in [0.2, 0.25) is 0 Å². The summed E-state index contributed by atoms with van der Waals surface area (Å²) in [4.78, 5) is 9.60. The van der Waals surface area contributed by atoms with Gasteiger partial charge in [-0.3, -0.25) is 9.55 Å². The molecule has 2 heterocycles. The molecule has 9 rings (SSSR count). The molecule has 2 aromatic heterocycles. The fourth-order valence-corrected chi connectivity index (χ4v) is 7.02. The molecule has 0 bridgehead atoms. The smallest absolute Gasteiger partial charge is 0.145 e. The molecular weight excluding hydrogens is 571 g/mol. The molecule has 1 aliphatic carbocycles. The zero-order valence-corrected chi connectivity index (χ0v) is 25.5. The second-order valence-corrected chi connectivity index (χ2v) is 11.7. The highest BCUT2D eigenvalue weighted by Gasteiger charge is 2.20. The van der Waals surface area contributed by atoms with Crippen LogP contribution in [0.3, 0.4) is 0 Å². The monoisotopic (exact) mass is 606 g/mol. The van der Waals surface area contributed by atoms with Crippen molar-refractivity contribution >= 4 is 34.0 Å². The number of aromatic nitrogens is 3. The van der Waals surface area contributed by atoms with E-state index in [1.54, 1.807) is 0 Å². The van der Waals surface area contributed by atoms with E-state index >= 15 is 0 Å². The Morgan fingerprint density at radius 2 is 1.30 bits per heavy atom. The SMILES string of the molecule is [2H]c1c([2H])c([2H])c(-c2nc3ccccc3n2-c2cccc(-c3c4c(c(-c5ccccc5-c5ccccn5)c5ccccc35)=CCCC=4)c2)c([2H])c1[2H]. The minimum absolute atomic E-state index is 0.0642. The number of para-hydroxylation sites is 2. The van der Waals surface area contributed by atoms with E-state index in [1.165, 1.54) is 16.0 Å². The van der Waals surface area contributed by atoms with E-state index in [1.807, 2.05) is 59.3 Å². The minimum Gasteiger partial charge on any atom is -0.292 e. The van der Waals surface area contributed by atoms with Crippen LogP contribution in [0.2, 0.25) is 0 Å². The van der Waals surface area contributed by atoms with Gasteiger partial charge in [0, 0.05) is 23.0 Å². The summed E-state index contributed by atoms with van der Waals surface area (Å²) in [5, 5.41) is 4.64. The largest absolute Gasteiger partial charge is 0.292 e. The van der Waals surface area contributed by atoms with Gasteiger partial charge in [-0.05, 0) is 92.7 Å². The Balaban J connectivity index is 1.32. The number of benzene rings is 6. The van der Waals surface area contributed by atoms with Gasteiger partial charge in [0.05, 0.1) is 23.6 Å². The first-order chi connectivity index (χ1) is 25.4. The molecule has 222 valence electrons. The summed E-state index contributed by atoms with van der Waals surface area (Å²) in [6, 6.07) is 37.2. The summed E-state index contributed by atoms with van der Waals surface area (Å²) >= 11 is 0. The molecule has 0 spiro atoms. The molecule has 1 aliphatic rings. The molecular formula is C44H31N3. The molecule has 0 saturated carbocycles. The number of fused-ring (bicyclic) bond motifs is 3. The van der Waals surface area contributed by atoms with Crippen LogP contribution < -0.4 is 10.4 Å². The first-order valence-corrected chi connectivity index (χ1v) is 15.8. The van der Waals surface area contributed by atoms with E-state index in [2.05, 4.69) is 78.9 Å². The maximum atomic E-state index is 8.80. The molecule has 0 N–H and O–H groups in total. The van der Waals surface area contributed by atoms with Crippen LogP contribution in [0.15, 0.2) is 152 Å². The van der Waals surface area contributed by atoms with E-state index in [4.69, 9.17) is 16.8 Å². The Bertz CT molecular complexity index is 2830. The molecule has 47 heavy (non-hydrogen) atoms. The Morgan fingerprint density at radius 3 is 2.11 bits per heavy atom. The van der Waals surface area contributed by atoms with E-state index in [0.29, 0.717) is 11.3 Å². The molecule has 6 aromatic carbocycles. The fourth-order valence-electron chi connectivity index (χ4n) is 7.02. The van der Waals surface area contributed by atoms with Gasteiger partial charge in [-0.25, -0.2) is 4.98 Å². The highest BCUT2D eigenvalue weighted by molar-refractivity contribution is 6.07. The van der Waals surface area contributed by atoms with Crippen LogP contribution in [0.1, 0.15) is 19.7 Å². The second-order valence-electron chi connectivity index (χ2n) is 11.7. The van der Waals surface area contributed by atoms with Crippen LogP contribution in [0.4, 0.5) is 0 Å². The lowest BCUT2D eigenvalue weighted by molar-refractivity contribution is 1.10. The predicted octanol–water partition coefficient (Wildman–Crippen LogP) is 9.60. The highest BCUT2D eigenvalue weighted by atomic mass is 15.1. The average Bonchev–Trinajstić information content (AvgIpc) is 3.58. The lowest BCUT2D eigenvalue weighted by Crippen LogP contribution is -2.31. The van der Waals surface area contributed by atoms with E-state index in [-0.39, 0.29) is 17.6 Å². The molecule has 3 nitrogen and oxygen atoms in total. The number of hydrogen-bond acceptors (Lipinski definition) is 2. The fraction of sp³-hybridized carbons (Fsp3) is 0.0455. The van der Waals surface area contributed by atoms with E-state index in [9.17, 15) is 0 Å². The first kappa shape index (κ1) is 22.4. The Kier molecular flexibility index (Phi) is 5.44. The van der Waals surface area contributed by atoms with Crippen molar-refractivity contribution in [2.24, 2.45) is 0 Å². The topological polar surface area (TPSA) is 30.7 Å². The molecule has 0 amide bonds. The third-order valence-electron chi connectivity index (χ3n) is 8.97. The molecule has 0 radical (unpaired) electrons. The second kappa shape index (κ2) is 11.4. The highest BCUT2D eigenvalue weighted by Crippen LogP contribution is 2.37. The summed E-state index contributed by atoms with van der Waals surface area (Å²) in [6.07, 6.45) is 8.40. The van der Waals surface area contributed by atoms with Gasteiger partial charge in [0.15, 0.2) is 0 Å². The van der Waals surface area contributed by atoms with Crippen LogP contribution in [0, 0.1) is 0 Å². The van der Waals surface area contributed by atoms with Gasteiger partial charge in [0.25, 0.3) is 0 Å². The summed E-state index contributed by atoms with van der Waals surface area (Å²) in [7, 11) is 0. The zero-order chi connectivity index (χ0) is 35.5. The Morgan fingerprint density at radius 1 is 0.596 bits per heavy atom. The van der Waals surface area contributed by atoms with E-state index < -0.39 is 18.1 Å². The predicted molar refractivity (Wildman–Crippen MR) is 196 cm³/mol. The molecule has 0 atom stereocenters. The van der Waals surface area contributed by atoms with Crippen LogP contribution in [-0.2, 0) is 0 Å².